The number of fused-ring (bicyclic) bond motifs is 5. The van der Waals surface area contributed by atoms with Crippen LogP contribution in [0.15, 0.2) is 11.6 Å². The second-order valence-corrected chi connectivity index (χ2v) is 15.8. The van der Waals surface area contributed by atoms with Gasteiger partial charge in [0.05, 0.1) is 46.2 Å². The summed E-state index contributed by atoms with van der Waals surface area (Å²) in [6.07, 6.45) is 16.3. The van der Waals surface area contributed by atoms with Gasteiger partial charge in [-0.3, -0.25) is 0 Å². The maximum Gasteiger partial charge on any atom is 0.407 e. The van der Waals surface area contributed by atoms with Gasteiger partial charge in [-0.05, 0) is 91.3 Å². The molecule has 0 unspecified atom stereocenters. The lowest BCUT2D eigenvalue weighted by Crippen LogP contribution is -2.51. The molecule has 8 nitrogen and oxygen atoms in total. The van der Waals surface area contributed by atoms with E-state index in [1.165, 1.54) is 51.4 Å². The Balaban J connectivity index is 1.12. The molecule has 0 spiro atoms. The molecule has 266 valence electrons. The van der Waals surface area contributed by atoms with E-state index in [-0.39, 0.29) is 24.2 Å². The normalized spacial score (nSPS) is 32.8. The molecule has 4 aliphatic rings. The number of allylic oxidation sites excluding steroid dienone is 1. The van der Waals surface area contributed by atoms with Crippen LogP contribution in [0.4, 0.5) is 4.79 Å². The smallest absolute Gasteiger partial charge is 0.407 e. The lowest BCUT2D eigenvalue weighted by molar-refractivity contribution is -0.0581. The largest absolute Gasteiger partial charge is 0.446 e. The minimum atomic E-state index is -0.297. The summed E-state index contributed by atoms with van der Waals surface area (Å²) in [7, 11) is 0. The molecule has 8 heteroatoms. The van der Waals surface area contributed by atoms with Crippen molar-refractivity contribution in [3.63, 3.8) is 0 Å². The van der Waals surface area contributed by atoms with E-state index in [1.807, 2.05) is 0 Å². The maximum absolute atomic E-state index is 12.6. The van der Waals surface area contributed by atoms with Gasteiger partial charge in [-0.15, -0.1) is 0 Å². The first-order valence-electron chi connectivity index (χ1n) is 18.9. The molecule has 3 fully saturated rings. The Labute approximate surface area is 280 Å². The van der Waals surface area contributed by atoms with Gasteiger partial charge >= 0.3 is 6.09 Å². The fourth-order valence-corrected chi connectivity index (χ4v) is 10.1. The van der Waals surface area contributed by atoms with Crippen molar-refractivity contribution in [3.8, 4) is 0 Å². The number of hydrogen-bond acceptors (Lipinski definition) is 7. The fourth-order valence-electron chi connectivity index (χ4n) is 10.1. The van der Waals surface area contributed by atoms with Gasteiger partial charge < -0.3 is 34.7 Å². The van der Waals surface area contributed by atoms with Crippen LogP contribution < -0.4 is 10.6 Å². The van der Waals surface area contributed by atoms with Crippen molar-refractivity contribution in [3.05, 3.63) is 11.6 Å². The van der Waals surface area contributed by atoms with E-state index >= 15 is 0 Å². The molecule has 0 bridgehead atoms. The van der Waals surface area contributed by atoms with Gasteiger partial charge in [0.1, 0.15) is 6.10 Å². The van der Waals surface area contributed by atoms with Gasteiger partial charge in [-0.1, -0.05) is 65.5 Å². The van der Waals surface area contributed by atoms with E-state index in [9.17, 15) is 4.79 Å². The molecule has 0 aromatic rings. The Morgan fingerprint density at radius 3 is 2.37 bits per heavy atom. The van der Waals surface area contributed by atoms with Crippen LogP contribution in [-0.4, -0.2) is 83.2 Å². The Hall–Kier alpha value is -1.19. The predicted molar refractivity (Wildman–Crippen MR) is 184 cm³/mol. The number of carbonyl (C=O) groups excluding carboxylic acids is 1. The summed E-state index contributed by atoms with van der Waals surface area (Å²) >= 11 is 0. The van der Waals surface area contributed by atoms with E-state index in [4.69, 9.17) is 24.1 Å². The Morgan fingerprint density at radius 2 is 1.63 bits per heavy atom. The molecule has 46 heavy (non-hydrogen) atoms. The Morgan fingerprint density at radius 1 is 0.891 bits per heavy atom. The predicted octanol–water partition coefficient (Wildman–Crippen LogP) is 6.75. The number of hydrogen-bond donors (Lipinski definition) is 3. The van der Waals surface area contributed by atoms with Gasteiger partial charge in [-0.2, -0.15) is 0 Å². The van der Waals surface area contributed by atoms with E-state index < -0.39 is 0 Å². The number of aliphatic hydroxyl groups is 1. The highest BCUT2D eigenvalue weighted by Gasteiger charge is 2.59. The first kappa shape index (κ1) is 37.6. The summed E-state index contributed by atoms with van der Waals surface area (Å²) in [6, 6.07) is 0. The lowest BCUT2D eigenvalue weighted by atomic mass is 9.47. The molecular formula is C38H68N2O6. The third kappa shape index (κ3) is 9.93. The SMILES string of the molecule is CC(C)CCC[C@@H](C)[C@H]1CC[C@H]2[C@@H]3CC=C4C[C@@H](OC(=O)NCCNCCOCCOCCOCCO)CC[C@]4(C)[C@H]3CC[C@]12C. The summed E-state index contributed by atoms with van der Waals surface area (Å²) in [5.41, 5.74) is 2.36. The number of aliphatic hydroxyl groups excluding tert-OH is 1. The molecule has 3 saturated carbocycles. The second kappa shape index (κ2) is 18.5. The van der Waals surface area contributed by atoms with Crippen LogP contribution in [0.25, 0.3) is 0 Å². The molecule has 0 aliphatic heterocycles. The van der Waals surface area contributed by atoms with Crippen molar-refractivity contribution in [2.24, 2.45) is 46.3 Å². The van der Waals surface area contributed by atoms with Gasteiger partial charge in [0.2, 0.25) is 0 Å². The summed E-state index contributed by atoms with van der Waals surface area (Å²) in [6.45, 7) is 17.4. The van der Waals surface area contributed by atoms with Crippen molar-refractivity contribution in [2.75, 3.05) is 65.9 Å². The topological polar surface area (TPSA) is 98.3 Å². The van der Waals surface area contributed by atoms with Crippen LogP contribution in [0, 0.1) is 46.3 Å². The Kier molecular flexibility index (Phi) is 15.2. The highest BCUT2D eigenvalue weighted by molar-refractivity contribution is 5.67. The molecule has 0 aromatic carbocycles. The van der Waals surface area contributed by atoms with Crippen LogP contribution in [-0.2, 0) is 18.9 Å². The van der Waals surface area contributed by atoms with Crippen LogP contribution in [0.2, 0.25) is 0 Å². The highest BCUT2D eigenvalue weighted by atomic mass is 16.6. The monoisotopic (exact) mass is 649 g/mol. The van der Waals surface area contributed by atoms with Crippen LogP contribution in [0.3, 0.4) is 0 Å². The van der Waals surface area contributed by atoms with Crippen LogP contribution in [0.1, 0.15) is 105 Å². The number of carbonyl (C=O) groups is 1. The molecule has 8 atom stereocenters. The number of alkyl carbamates (subject to hydrolysis) is 1. The molecule has 0 saturated heterocycles. The summed E-state index contributed by atoms with van der Waals surface area (Å²) in [4.78, 5) is 12.6. The van der Waals surface area contributed by atoms with Crippen LogP contribution >= 0.6 is 0 Å². The molecule has 1 amide bonds. The maximum atomic E-state index is 12.6. The highest BCUT2D eigenvalue weighted by Crippen LogP contribution is 2.67. The third-order valence-electron chi connectivity index (χ3n) is 12.5. The first-order chi connectivity index (χ1) is 22.2. The zero-order valence-electron chi connectivity index (χ0n) is 30.0. The molecule has 3 N–H and O–H groups in total. The van der Waals surface area contributed by atoms with E-state index in [2.05, 4.69) is 51.3 Å². The zero-order valence-corrected chi connectivity index (χ0v) is 30.0. The minimum Gasteiger partial charge on any atom is -0.446 e. The molecule has 0 radical (unpaired) electrons. The van der Waals surface area contributed by atoms with E-state index in [0.717, 1.165) is 54.8 Å². The quantitative estimate of drug-likeness (QED) is 0.0992. The standard InChI is InChI=1S/C38H68N2O6/c1-28(2)7-6-8-29(3)33-11-12-34-32-10-9-30-27-31(13-15-37(30,4)35(32)14-16-38(33,34)5)46-36(42)40-18-17-39-19-21-43-23-25-45-26-24-44-22-20-41/h9,28-29,31-35,39,41H,6-8,10-27H2,1-5H3,(H,40,42)/t29-,31+,32+,33-,34+,35+,37+,38-/m1/s1. The molecule has 0 heterocycles. The summed E-state index contributed by atoms with van der Waals surface area (Å²) in [5.74, 6) is 5.06. The number of amides is 1. The van der Waals surface area contributed by atoms with Crippen molar-refractivity contribution in [1.29, 1.82) is 0 Å². The zero-order chi connectivity index (χ0) is 33.0. The van der Waals surface area contributed by atoms with E-state index in [1.54, 1.807) is 5.57 Å². The van der Waals surface area contributed by atoms with Crippen LogP contribution in [0.5, 0.6) is 0 Å². The molecule has 4 rings (SSSR count). The number of rotatable bonds is 20. The molecule has 4 aliphatic carbocycles. The molecule has 0 aromatic heterocycles. The summed E-state index contributed by atoms with van der Waals surface area (Å²) < 4.78 is 22.0. The average Bonchev–Trinajstić information content (AvgIpc) is 3.38. The third-order valence-corrected chi connectivity index (χ3v) is 12.5. The second-order valence-electron chi connectivity index (χ2n) is 15.8. The summed E-state index contributed by atoms with van der Waals surface area (Å²) in [5, 5.41) is 14.9. The van der Waals surface area contributed by atoms with Gasteiger partial charge in [0.25, 0.3) is 0 Å². The van der Waals surface area contributed by atoms with Gasteiger partial charge in [0.15, 0.2) is 0 Å². The van der Waals surface area contributed by atoms with E-state index in [0.29, 0.717) is 64.7 Å². The molecular weight excluding hydrogens is 580 g/mol. The average molecular weight is 649 g/mol. The Bertz CT molecular complexity index is 944. The lowest BCUT2D eigenvalue weighted by Gasteiger charge is -2.58. The minimum absolute atomic E-state index is 0.0166. The van der Waals surface area contributed by atoms with Gasteiger partial charge in [-0.25, -0.2) is 4.79 Å². The van der Waals surface area contributed by atoms with Crippen molar-refractivity contribution in [1.82, 2.24) is 10.6 Å². The van der Waals surface area contributed by atoms with Crippen molar-refractivity contribution >= 4 is 6.09 Å². The fraction of sp³-hybridized carbons (Fsp3) is 0.921. The number of nitrogens with one attached hydrogen (secondary N) is 2. The first-order valence-corrected chi connectivity index (χ1v) is 18.9. The number of ether oxygens (including phenoxy) is 4. The van der Waals surface area contributed by atoms with Crippen molar-refractivity contribution in [2.45, 2.75) is 111 Å². The van der Waals surface area contributed by atoms with Gasteiger partial charge in [0, 0.05) is 26.1 Å². The van der Waals surface area contributed by atoms with Crippen molar-refractivity contribution < 1.29 is 28.8 Å².